The minimum Gasteiger partial charge on any atom is -0.480 e. The summed E-state index contributed by atoms with van der Waals surface area (Å²) in [6, 6.07) is 10.6. The Labute approximate surface area is 139 Å². The largest absolute Gasteiger partial charge is 0.480 e. The first kappa shape index (κ1) is 15.9. The van der Waals surface area contributed by atoms with Crippen LogP contribution in [0.25, 0.3) is 0 Å². The molecule has 2 aromatic rings. The van der Waals surface area contributed by atoms with Crippen LogP contribution in [0.3, 0.4) is 0 Å². The third kappa shape index (κ3) is 3.51. The molecule has 0 bridgehead atoms. The number of aliphatic carboxylic acids is 1. The van der Waals surface area contributed by atoms with Gasteiger partial charge in [0.15, 0.2) is 5.78 Å². The SMILES string of the molecule is O=C(c1ccccc1)C1CCN(C(C(=O)O)c2ccsc2)CC1. The summed E-state index contributed by atoms with van der Waals surface area (Å²) in [7, 11) is 0. The number of carboxylic acids is 1. The molecule has 0 amide bonds. The molecule has 1 aromatic heterocycles. The van der Waals surface area contributed by atoms with Crippen molar-refractivity contribution in [1.29, 1.82) is 0 Å². The number of nitrogens with zero attached hydrogens (tertiary/aromatic N) is 1. The minimum absolute atomic E-state index is 0.00873. The van der Waals surface area contributed by atoms with Gasteiger partial charge in [-0.1, -0.05) is 30.3 Å². The van der Waals surface area contributed by atoms with Crippen molar-refractivity contribution in [3.63, 3.8) is 0 Å². The fourth-order valence-electron chi connectivity index (χ4n) is 3.20. The summed E-state index contributed by atoms with van der Waals surface area (Å²) in [5, 5.41) is 13.3. The second-order valence-electron chi connectivity index (χ2n) is 5.84. The maximum Gasteiger partial charge on any atom is 0.325 e. The highest BCUT2D eigenvalue weighted by atomic mass is 32.1. The number of carbonyl (C=O) groups excluding carboxylic acids is 1. The molecule has 0 aliphatic carbocycles. The van der Waals surface area contributed by atoms with Gasteiger partial charge in [-0.25, -0.2) is 0 Å². The molecule has 4 nitrogen and oxygen atoms in total. The van der Waals surface area contributed by atoms with Gasteiger partial charge in [0.05, 0.1) is 0 Å². The van der Waals surface area contributed by atoms with Gasteiger partial charge in [0.1, 0.15) is 6.04 Å². The number of rotatable bonds is 5. The van der Waals surface area contributed by atoms with E-state index in [0.717, 1.165) is 11.1 Å². The van der Waals surface area contributed by atoms with Crippen molar-refractivity contribution in [1.82, 2.24) is 4.90 Å². The van der Waals surface area contributed by atoms with Gasteiger partial charge >= 0.3 is 5.97 Å². The number of Topliss-reactive ketones (excluding diaryl/α,β-unsaturated/α-hetero) is 1. The summed E-state index contributed by atoms with van der Waals surface area (Å²) in [5.74, 6) is -0.658. The van der Waals surface area contributed by atoms with E-state index in [1.54, 1.807) is 0 Å². The molecule has 0 radical (unpaired) electrons. The van der Waals surface area contributed by atoms with Crippen LogP contribution in [0.2, 0.25) is 0 Å². The van der Waals surface area contributed by atoms with Crippen molar-refractivity contribution in [2.24, 2.45) is 5.92 Å². The molecule has 1 aliphatic heterocycles. The van der Waals surface area contributed by atoms with E-state index in [9.17, 15) is 14.7 Å². The second-order valence-corrected chi connectivity index (χ2v) is 6.62. The first-order chi connectivity index (χ1) is 11.2. The average molecular weight is 329 g/mol. The molecule has 1 fully saturated rings. The van der Waals surface area contributed by atoms with Gasteiger partial charge in [0.2, 0.25) is 0 Å². The molecule has 23 heavy (non-hydrogen) atoms. The van der Waals surface area contributed by atoms with Crippen LogP contribution < -0.4 is 0 Å². The van der Waals surface area contributed by atoms with Crippen LogP contribution in [0, 0.1) is 5.92 Å². The highest BCUT2D eigenvalue weighted by molar-refractivity contribution is 7.08. The molecule has 3 rings (SSSR count). The van der Waals surface area contributed by atoms with Gasteiger partial charge in [-0.15, -0.1) is 0 Å². The number of benzene rings is 1. The van der Waals surface area contributed by atoms with Crippen LogP contribution in [0.4, 0.5) is 0 Å². The number of likely N-dealkylation sites (tertiary alicyclic amines) is 1. The standard InChI is InChI=1S/C18H19NO3S/c20-17(13-4-2-1-3-5-13)14-6-9-19(10-7-14)16(18(21)22)15-8-11-23-12-15/h1-5,8,11-12,14,16H,6-7,9-10H2,(H,21,22). The number of carboxylic acid groups (broad SMARTS) is 1. The number of hydrogen-bond donors (Lipinski definition) is 1. The van der Waals surface area contributed by atoms with Crippen LogP contribution in [-0.2, 0) is 4.79 Å². The third-order valence-electron chi connectivity index (χ3n) is 4.42. The maximum absolute atomic E-state index is 12.5. The zero-order chi connectivity index (χ0) is 16.2. The van der Waals surface area contributed by atoms with Crippen LogP contribution in [0.5, 0.6) is 0 Å². The fourth-order valence-corrected chi connectivity index (χ4v) is 3.88. The van der Waals surface area contributed by atoms with E-state index in [1.807, 2.05) is 52.1 Å². The summed E-state index contributed by atoms with van der Waals surface area (Å²) >= 11 is 1.51. The smallest absolute Gasteiger partial charge is 0.325 e. The predicted molar refractivity (Wildman–Crippen MR) is 89.8 cm³/mol. The van der Waals surface area contributed by atoms with Gasteiger partial charge in [-0.3, -0.25) is 14.5 Å². The summed E-state index contributed by atoms with van der Waals surface area (Å²) in [5.41, 5.74) is 1.58. The highest BCUT2D eigenvalue weighted by Gasteiger charge is 2.33. The Morgan fingerprint density at radius 1 is 1.13 bits per heavy atom. The van der Waals surface area contributed by atoms with Crippen molar-refractivity contribution in [3.8, 4) is 0 Å². The van der Waals surface area contributed by atoms with Crippen molar-refractivity contribution in [2.75, 3.05) is 13.1 Å². The molecule has 1 unspecified atom stereocenters. The lowest BCUT2D eigenvalue weighted by Gasteiger charge is -2.35. The number of ketones is 1. The van der Waals surface area contributed by atoms with E-state index in [2.05, 4.69) is 0 Å². The molecule has 5 heteroatoms. The zero-order valence-electron chi connectivity index (χ0n) is 12.7. The Bertz CT molecular complexity index is 661. The Balaban J connectivity index is 1.66. The van der Waals surface area contributed by atoms with Crippen molar-refractivity contribution < 1.29 is 14.7 Å². The van der Waals surface area contributed by atoms with E-state index in [4.69, 9.17) is 0 Å². The van der Waals surface area contributed by atoms with Crippen molar-refractivity contribution in [3.05, 3.63) is 58.3 Å². The first-order valence-electron chi connectivity index (χ1n) is 7.75. The topological polar surface area (TPSA) is 57.6 Å². The molecule has 1 aliphatic rings. The molecule has 1 atom stereocenters. The molecule has 0 saturated carbocycles. The Morgan fingerprint density at radius 2 is 1.83 bits per heavy atom. The Kier molecular flexibility index (Phi) is 4.88. The molecule has 1 N–H and O–H groups in total. The second kappa shape index (κ2) is 7.06. The van der Waals surface area contributed by atoms with Gasteiger partial charge in [0.25, 0.3) is 0 Å². The van der Waals surface area contributed by atoms with Gasteiger partial charge in [-0.05, 0) is 48.3 Å². The Hall–Kier alpha value is -1.98. The molecular formula is C18H19NO3S. The quantitative estimate of drug-likeness (QED) is 0.854. The van der Waals surface area contributed by atoms with E-state index in [0.29, 0.717) is 25.9 Å². The molecule has 2 heterocycles. The van der Waals surface area contributed by atoms with Crippen LogP contribution >= 0.6 is 11.3 Å². The lowest BCUT2D eigenvalue weighted by atomic mass is 9.88. The van der Waals surface area contributed by atoms with Gasteiger partial charge in [-0.2, -0.15) is 11.3 Å². The third-order valence-corrected chi connectivity index (χ3v) is 5.12. The lowest BCUT2D eigenvalue weighted by molar-refractivity contribution is -0.144. The zero-order valence-corrected chi connectivity index (χ0v) is 13.5. The average Bonchev–Trinajstić information content (AvgIpc) is 3.09. The van der Waals surface area contributed by atoms with E-state index >= 15 is 0 Å². The fraction of sp³-hybridized carbons (Fsp3) is 0.333. The summed E-state index contributed by atoms with van der Waals surface area (Å²) in [6.07, 6.45) is 1.42. The van der Waals surface area contributed by atoms with Gasteiger partial charge in [0, 0.05) is 11.5 Å². The van der Waals surface area contributed by atoms with Crippen LogP contribution in [-0.4, -0.2) is 34.8 Å². The Morgan fingerprint density at radius 3 is 2.39 bits per heavy atom. The van der Waals surface area contributed by atoms with Crippen LogP contribution in [0.15, 0.2) is 47.2 Å². The molecule has 0 spiro atoms. The summed E-state index contributed by atoms with van der Waals surface area (Å²) < 4.78 is 0. The summed E-state index contributed by atoms with van der Waals surface area (Å²) in [4.78, 5) is 26.1. The minimum atomic E-state index is -0.823. The van der Waals surface area contributed by atoms with Crippen LogP contribution in [0.1, 0.15) is 34.8 Å². The lowest BCUT2D eigenvalue weighted by Crippen LogP contribution is -2.41. The normalized spacial score (nSPS) is 17.7. The maximum atomic E-state index is 12.5. The number of carbonyl (C=O) groups is 2. The first-order valence-corrected chi connectivity index (χ1v) is 8.69. The number of hydrogen-bond acceptors (Lipinski definition) is 4. The number of thiophene rings is 1. The van der Waals surface area contributed by atoms with Crippen molar-refractivity contribution >= 4 is 23.1 Å². The molecule has 120 valence electrons. The molecule has 1 aromatic carbocycles. The van der Waals surface area contributed by atoms with Gasteiger partial charge < -0.3 is 5.11 Å². The highest BCUT2D eigenvalue weighted by Crippen LogP contribution is 2.29. The van der Waals surface area contributed by atoms with E-state index < -0.39 is 12.0 Å². The summed E-state index contributed by atoms with van der Waals surface area (Å²) in [6.45, 7) is 1.27. The molecular weight excluding hydrogens is 310 g/mol. The number of piperidine rings is 1. The van der Waals surface area contributed by atoms with Crippen molar-refractivity contribution in [2.45, 2.75) is 18.9 Å². The van der Waals surface area contributed by atoms with E-state index in [1.165, 1.54) is 11.3 Å². The molecule has 1 saturated heterocycles. The monoisotopic (exact) mass is 329 g/mol. The predicted octanol–water partition coefficient (Wildman–Crippen LogP) is 3.47. The van der Waals surface area contributed by atoms with E-state index in [-0.39, 0.29) is 11.7 Å².